The molecule has 4 aromatic rings. The molecule has 0 fully saturated rings. The number of thiazole rings is 1. The van der Waals surface area contributed by atoms with Crippen molar-refractivity contribution in [2.24, 2.45) is 0 Å². The van der Waals surface area contributed by atoms with Crippen LogP contribution in [0.25, 0.3) is 21.7 Å². The number of aromatic nitrogens is 3. The highest BCUT2D eigenvalue weighted by Gasteiger charge is 2.20. The quantitative estimate of drug-likeness (QED) is 0.233. The fourth-order valence-electron chi connectivity index (χ4n) is 3.09. The van der Waals surface area contributed by atoms with E-state index in [1.165, 1.54) is 4.57 Å². The van der Waals surface area contributed by atoms with Gasteiger partial charge in [0.1, 0.15) is 10.4 Å². The molecule has 0 aliphatic rings. The van der Waals surface area contributed by atoms with Crippen LogP contribution >= 0.6 is 35.3 Å². The first-order valence-corrected chi connectivity index (χ1v) is 11.5. The Morgan fingerprint density at radius 1 is 1.16 bits per heavy atom. The number of benzene rings is 2. The number of para-hydroxylation sites is 3. The van der Waals surface area contributed by atoms with Crippen molar-refractivity contribution in [1.29, 1.82) is 0 Å². The van der Waals surface area contributed by atoms with Crippen LogP contribution < -0.4 is 15.4 Å². The fourth-order valence-corrected chi connectivity index (χ4v) is 5.10. The van der Waals surface area contributed by atoms with E-state index in [0.29, 0.717) is 38.0 Å². The molecule has 0 aliphatic heterocycles. The number of carbonyl (C=O) groups excluding carboxylic acids is 1. The van der Waals surface area contributed by atoms with Gasteiger partial charge in [-0.2, -0.15) is 0 Å². The van der Waals surface area contributed by atoms with Crippen LogP contribution in [0.2, 0.25) is 0 Å². The lowest BCUT2D eigenvalue weighted by Gasteiger charge is -2.14. The number of carbonyl (C=O) groups is 1. The lowest BCUT2D eigenvalue weighted by molar-refractivity contribution is -0.301. The molecule has 0 N–H and O–H groups in total. The zero-order valence-corrected chi connectivity index (χ0v) is 18.8. The van der Waals surface area contributed by atoms with Gasteiger partial charge in [-0.25, -0.2) is 4.98 Å². The molecule has 0 spiro atoms. The second-order valence-corrected chi connectivity index (χ2v) is 8.87. The van der Waals surface area contributed by atoms with Gasteiger partial charge in [0, 0.05) is 5.75 Å². The van der Waals surface area contributed by atoms with E-state index in [1.54, 1.807) is 28.8 Å². The third kappa shape index (κ3) is 4.14. The van der Waals surface area contributed by atoms with Gasteiger partial charge in [-0.05, 0) is 43.4 Å². The molecule has 0 amide bonds. The number of hydrogen-bond acceptors (Lipinski definition) is 8. The van der Waals surface area contributed by atoms with E-state index in [9.17, 15) is 14.7 Å². The van der Waals surface area contributed by atoms with Gasteiger partial charge in [0.15, 0.2) is 14.8 Å². The van der Waals surface area contributed by atoms with E-state index < -0.39 is 5.97 Å². The number of aliphatic carboxylic acids is 1. The minimum atomic E-state index is -1.25. The summed E-state index contributed by atoms with van der Waals surface area (Å²) in [6.45, 7) is 2.35. The zero-order chi connectivity index (χ0) is 22.0. The van der Waals surface area contributed by atoms with Crippen LogP contribution in [0.1, 0.15) is 6.92 Å². The van der Waals surface area contributed by atoms with Gasteiger partial charge in [0.05, 0.1) is 24.0 Å². The third-order valence-electron chi connectivity index (χ3n) is 4.32. The summed E-state index contributed by atoms with van der Waals surface area (Å²) in [7, 11) is 0. The summed E-state index contributed by atoms with van der Waals surface area (Å²) in [5, 5.41) is 11.3. The van der Waals surface area contributed by atoms with Crippen LogP contribution in [-0.2, 0) is 4.79 Å². The van der Waals surface area contributed by atoms with E-state index in [0.717, 1.165) is 23.1 Å². The number of nitrogens with zero attached hydrogens (tertiary/aromatic N) is 3. The maximum Gasteiger partial charge on any atom is 0.278 e. The molecule has 31 heavy (non-hydrogen) atoms. The van der Waals surface area contributed by atoms with Gasteiger partial charge in [-0.3, -0.25) is 13.9 Å². The minimum absolute atomic E-state index is 0.239. The van der Waals surface area contributed by atoms with E-state index in [-0.39, 0.29) is 16.5 Å². The summed E-state index contributed by atoms with van der Waals surface area (Å²) in [6.07, 6.45) is 0. The first kappa shape index (κ1) is 21.3. The highest BCUT2D eigenvalue weighted by Crippen LogP contribution is 2.31. The van der Waals surface area contributed by atoms with Gasteiger partial charge in [0.25, 0.3) is 5.56 Å². The highest BCUT2D eigenvalue weighted by atomic mass is 32.2. The van der Waals surface area contributed by atoms with Crippen LogP contribution in [0.3, 0.4) is 0 Å². The second-order valence-electron chi connectivity index (χ2n) is 6.29. The van der Waals surface area contributed by atoms with E-state index in [2.05, 4.69) is 4.98 Å². The average molecular weight is 471 g/mol. The van der Waals surface area contributed by atoms with Gasteiger partial charge in [-0.15, -0.1) is 0 Å². The van der Waals surface area contributed by atoms with Crippen LogP contribution in [0.4, 0.5) is 0 Å². The first-order valence-electron chi connectivity index (χ1n) is 9.30. The zero-order valence-electron chi connectivity index (χ0n) is 16.3. The van der Waals surface area contributed by atoms with E-state index in [1.807, 2.05) is 37.3 Å². The highest BCUT2D eigenvalue weighted by molar-refractivity contribution is 7.99. The summed E-state index contributed by atoms with van der Waals surface area (Å²) in [4.78, 5) is 29.2. The molecule has 0 saturated carbocycles. The Morgan fingerprint density at radius 2 is 1.87 bits per heavy atom. The van der Waals surface area contributed by atoms with Gasteiger partial charge in [-0.1, -0.05) is 53.4 Å². The monoisotopic (exact) mass is 470 g/mol. The fraction of sp³-hybridized carbons (Fsp3) is 0.143. The Bertz CT molecular complexity index is 1380. The number of rotatable bonds is 7. The topological polar surface area (TPSA) is 89.2 Å². The smallest absolute Gasteiger partial charge is 0.278 e. The van der Waals surface area contributed by atoms with Crippen LogP contribution in [0, 0.1) is 3.95 Å². The molecular formula is C21H16N3O4S3-. The molecule has 10 heteroatoms. The van der Waals surface area contributed by atoms with Gasteiger partial charge < -0.3 is 14.6 Å². The van der Waals surface area contributed by atoms with Crippen molar-refractivity contribution in [3.63, 3.8) is 0 Å². The van der Waals surface area contributed by atoms with Gasteiger partial charge >= 0.3 is 0 Å². The molecule has 0 bridgehead atoms. The van der Waals surface area contributed by atoms with E-state index in [4.69, 9.17) is 17.0 Å². The second kappa shape index (κ2) is 9.04. The van der Waals surface area contributed by atoms with Crippen LogP contribution in [-0.4, -0.2) is 32.4 Å². The Balaban J connectivity index is 2.03. The maximum absolute atomic E-state index is 13.5. The van der Waals surface area contributed by atoms with Crippen LogP contribution in [0.5, 0.6) is 5.75 Å². The Kier molecular flexibility index (Phi) is 6.21. The molecule has 4 rings (SSSR count). The van der Waals surface area contributed by atoms with Crippen molar-refractivity contribution >= 4 is 51.6 Å². The molecule has 158 valence electrons. The molecular weight excluding hydrogens is 454 g/mol. The maximum atomic E-state index is 13.5. The molecule has 2 aromatic heterocycles. The molecule has 0 radical (unpaired) electrons. The summed E-state index contributed by atoms with van der Waals surface area (Å²) >= 11 is 7.65. The van der Waals surface area contributed by atoms with Crippen molar-refractivity contribution in [3.8, 4) is 17.1 Å². The summed E-state index contributed by atoms with van der Waals surface area (Å²) in [6, 6.07) is 16.3. The van der Waals surface area contributed by atoms with Crippen molar-refractivity contribution in [2.75, 3.05) is 12.4 Å². The summed E-state index contributed by atoms with van der Waals surface area (Å²) < 4.78 is 9.64. The van der Waals surface area contributed by atoms with E-state index >= 15 is 0 Å². The minimum Gasteiger partial charge on any atom is -0.549 e. The Labute approximate surface area is 190 Å². The number of hydrogen-bond donors (Lipinski definition) is 0. The summed E-state index contributed by atoms with van der Waals surface area (Å²) in [5.74, 6) is -0.980. The van der Waals surface area contributed by atoms with Crippen molar-refractivity contribution in [2.45, 2.75) is 12.1 Å². The number of carboxylic acid groups (broad SMARTS) is 1. The predicted molar refractivity (Wildman–Crippen MR) is 122 cm³/mol. The molecule has 0 saturated heterocycles. The van der Waals surface area contributed by atoms with Crippen molar-refractivity contribution in [1.82, 2.24) is 14.1 Å². The molecule has 0 unspecified atom stereocenters. The first-order chi connectivity index (χ1) is 15.0. The summed E-state index contributed by atoms with van der Waals surface area (Å²) in [5.41, 5.74) is 1.30. The standard InChI is InChI=1S/C21H17N3O4S3/c1-2-28-15-11-7-6-10-14(15)24-18-17(31-21(24)29)19(27)23(13-8-4-3-5-9-13)20(22-18)30-12-16(25)26/h3-11H,2,12H2,1H3,(H,25,26)/p-1. The molecule has 7 nitrogen and oxygen atoms in total. The molecule has 0 aliphatic carbocycles. The number of ether oxygens (including phenoxy) is 1. The number of carboxylic acids is 1. The lowest BCUT2D eigenvalue weighted by Crippen LogP contribution is -2.26. The number of thioether (sulfide) groups is 1. The average Bonchev–Trinajstić information content (AvgIpc) is 3.09. The lowest BCUT2D eigenvalue weighted by atomic mass is 10.3. The van der Waals surface area contributed by atoms with Crippen molar-refractivity contribution < 1.29 is 14.6 Å². The SMILES string of the molecule is CCOc1ccccc1-n1c(=S)sc2c(=O)n(-c3ccccc3)c(SCC(=O)[O-])nc21. The Morgan fingerprint density at radius 3 is 2.58 bits per heavy atom. The molecule has 2 aromatic carbocycles. The molecule has 0 atom stereocenters. The largest absolute Gasteiger partial charge is 0.549 e. The molecule has 2 heterocycles. The Hall–Kier alpha value is -2.95. The third-order valence-corrected chi connectivity index (χ3v) is 6.58. The van der Waals surface area contributed by atoms with Crippen LogP contribution in [0.15, 0.2) is 64.5 Å². The van der Waals surface area contributed by atoms with Crippen molar-refractivity contribution in [3.05, 3.63) is 68.9 Å². The number of fused-ring (bicyclic) bond motifs is 1. The van der Waals surface area contributed by atoms with Gasteiger partial charge in [0.2, 0.25) is 0 Å². The predicted octanol–water partition coefficient (Wildman–Crippen LogP) is 3.21. The normalized spacial score (nSPS) is 11.0.